The summed E-state index contributed by atoms with van der Waals surface area (Å²) in [5, 5.41) is 18.4. The van der Waals surface area contributed by atoms with Crippen LogP contribution in [-0.4, -0.2) is 17.7 Å². The lowest BCUT2D eigenvalue weighted by Gasteiger charge is -2.07. The maximum Gasteiger partial charge on any atom is 0.341 e. The molecule has 0 aliphatic rings. The molecule has 84 valence electrons. The number of nitriles is 1. The van der Waals surface area contributed by atoms with Crippen LogP contribution in [0, 0.1) is 11.3 Å². The summed E-state index contributed by atoms with van der Waals surface area (Å²) in [7, 11) is 0. The van der Waals surface area contributed by atoms with Crippen molar-refractivity contribution < 1.29 is 14.6 Å². The smallest absolute Gasteiger partial charge is 0.341 e. The van der Waals surface area contributed by atoms with Crippen LogP contribution in [0.25, 0.3) is 0 Å². The molecule has 0 aliphatic carbocycles. The fraction of sp³-hybridized carbons (Fsp3) is 0.273. The quantitative estimate of drug-likeness (QED) is 0.648. The van der Waals surface area contributed by atoms with Crippen LogP contribution in [0.3, 0.4) is 0 Å². The van der Waals surface area contributed by atoms with Gasteiger partial charge in [-0.2, -0.15) is 5.26 Å². The van der Waals surface area contributed by atoms with E-state index < -0.39 is 5.97 Å². The summed E-state index contributed by atoms with van der Waals surface area (Å²) >= 11 is 5.62. The molecule has 0 atom stereocenters. The Hall–Kier alpha value is -1.73. The molecular formula is C11H10ClNO3. The summed E-state index contributed by atoms with van der Waals surface area (Å²) in [6.45, 7) is 1.86. The Balaban J connectivity index is 3.27. The Kier molecular flexibility index (Phi) is 4.15. The van der Waals surface area contributed by atoms with Crippen LogP contribution in [-0.2, 0) is 10.6 Å². The van der Waals surface area contributed by atoms with E-state index in [1.54, 1.807) is 13.0 Å². The molecule has 0 heterocycles. The average Bonchev–Trinajstić information content (AvgIpc) is 2.29. The van der Waals surface area contributed by atoms with Gasteiger partial charge in [-0.3, -0.25) is 0 Å². The van der Waals surface area contributed by atoms with Gasteiger partial charge < -0.3 is 9.84 Å². The standard InChI is InChI=1S/C11H10ClNO3/c1-2-16-11(15)9-4-7(5-12)3-8(6-13)10(9)14/h3-4,14H,2,5H2,1H3. The second-order valence-electron chi connectivity index (χ2n) is 3.01. The number of phenols is 1. The van der Waals surface area contributed by atoms with Crippen LogP contribution >= 0.6 is 11.6 Å². The first kappa shape index (κ1) is 12.3. The van der Waals surface area contributed by atoms with E-state index >= 15 is 0 Å². The number of hydrogen-bond acceptors (Lipinski definition) is 4. The van der Waals surface area contributed by atoms with Crippen molar-refractivity contribution in [3.63, 3.8) is 0 Å². The van der Waals surface area contributed by atoms with E-state index in [1.807, 2.05) is 0 Å². The zero-order valence-electron chi connectivity index (χ0n) is 8.66. The molecule has 1 aromatic rings. The second-order valence-corrected chi connectivity index (χ2v) is 3.27. The number of alkyl halides is 1. The molecule has 1 N–H and O–H groups in total. The van der Waals surface area contributed by atoms with Gasteiger partial charge in [-0.25, -0.2) is 4.79 Å². The van der Waals surface area contributed by atoms with E-state index in [1.165, 1.54) is 12.1 Å². The number of nitrogens with zero attached hydrogens (tertiary/aromatic N) is 1. The molecule has 0 saturated heterocycles. The monoisotopic (exact) mass is 239 g/mol. The van der Waals surface area contributed by atoms with Crippen molar-refractivity contribution >= 4 is 17.6 Å². The maximum atomic E-state index is 11.5. The lowest BCUT2D eigenvalue weighted by molar-refractivity contribution is 0.0523. The average molecular weight is 240 g/mol. The van der Waals surface area contributed by atoms with Crippen LogP contribution in [0.5, 0.6) is 5.75 Å². The number of phenolic OH excluding ortho intramolecular Hbond substituents is 1. The summed E-state index contributed by atoms with van der Waals surface area (Å²) < 4.78 is 4.76. The minimum Gasteiger partial charge on any atom is -0.506 e. The number of aromatic hydroxyl groups is 1. The number of ether oxygens (including phenoxy) is 1. The molecule has 4 nitrogen and oxygen atoms in total. The minimum atomic E-state index is -0.663. The number of halogens is 1. The van der Waals surface area contributed by atoms with Gasteiger partial charge in [0, 0.05) is 5.88 Å². The Morgan fingerprint density at radius 2 is 2.31 bits per heavy atom. The molecule has 0 fully saturated rings. The van der Waals surface area contributed by atoms with E-state index in [2.05, 4.69) is 0 Å². The van der Waals surface area contributed by atoms with Gasteiger partial charge in [0.05, 0.1) is 12.2 Å². The molecule has 1 rings (SSSR count). The highest BCUT2D eigenvalue weighted by Crippen LogP contribution is 2.25. The van der Waals surface area contributed by atoms with Gasteiger partial charge in [0.25, 0.3) is 0 Å². The van der Waals surface area contributed by atoms with Gasteiger partial charge in [-0.15, -0.1) is 11.6 Å². The molecule has 16 heavy (non-hydrogen) atoms. The van der Waals surface area contributed by atoms with Crippen molar-refractivity contribution in [1.82, 2.24) is 0 Å². The van der Waals surface area contributed by atoms with Gasteiger partial charge >= 0.3 is 5.97 Å². The highest BCUT2D eigenvalue weighted by atomic mass is 35.5. The predicted molar refractivity (Wildman–Crippen MR) is 58.3 cm³/mol. The summed E-state index contributed by atoms with van der Waals surface area (Å²) in [6, 6.07) is 4.64. The van der Waals surface area contributed by atoms with E-state index in [-0.39, 0.29) is 29.4 Å². The summed E-state index contributed by atoms with van der Waals surface area (Å²) in [5.41, 5.74) is 0.567. The first-order valence-electron chi connectivity index (χ1n) is 4.63. The number of carbonyl (C=O) groups is 1. The lowest BCUT2D eigenvalue weighted by Crippen LogP contribution is -2.06. The summed E-state index contributed by atoms with van der Waals surface area (Å²) in [6.07, 6.45) is 0. The second kappa shape index (κ2) is 5.38. The van der Waals surface area contributed by atoms with Crippen LogP contribution < -0.4 is 0 Å². The first-order chi connectivity index (χ1) is 7.63. The van der Waals surface area contributed by atoms with E-state index in [9.17, 15) is 9.90 Å². The fourth-order valence-corrected chi connectivity index (χ4v) is 1.38. The zero-order valence-corrected chi connectivity index (χ0v) is 9.41. The van der Waals surface area contributed by atoms with Crippen molar-refractivity contribution in [2.45, 2.75) is 12.8 Å². The molecule has 5 heteroatoms. The maximum absolute atomic E-state index is 11.5. The van der Waals surface area contributed by atoms with Crippen LogP contribution in [0.2, 0.25) is 0 Å². The van der Waals surface area contributed by atoms with Crippen LogP contribution in [0.1, 0.15) is 28.4 Å². The molecule has 0 saturated carbocycles. The summed E-state index contributed by atoms with van der Waals surface area (Å²) in [5.74, 6) is -0.875. The van der Waals surface area contributed by atoms with E-state index in [0.717, 1.165) is 0 Å². The Bertz CT molecular complexity index is 451. The van der Waals surface area contributed by atoms with Gasteiger partial charge in [0.2, 0.25) is 0 Å². The van der Waals surface area contributed by atoms with Gasteiger partial charge in [-0.1, -0.05) is 0 Å². The third-order valence-electron chi connectivity index (χ3n) is 1.94. The summed E-state index contributed by atoms with van der Waals surface area (Å²) in [4.78, 5) is 11.5. The SMILES string of the molecule is CCOC(=O)c1cc(CCl)cc(C#N)c1O. The number of rotatable bonds is 3. The zero-order chi connectivity index (χ0) is 12.1. The molecule has 0 aromatic heterocycles. The number of benzene rings is 1. The highest BCUT2D eigenvalue weighted by molar-refractivity contribution is 6.17. The number of carbonyl (C=O) groups excluding carboxylic acids is 1. The van der Waals surface area contributed by atoms with Crippen LogP contribution in [0.15, 0.2) is 12.1 Å². The first-order valence-corrected chi connectivity index (χ1v) is 5.16. The Morgan fingerprint density at radius 1 is 1.62 bits per heavy atom. The van der Waals surface area contributed by atoms with Crippen molar-refractivity contribution in [3.8, 4) is 11.8 Å². The molecule has 0 spiro atoms. The third-order valence-corrected chi connectivity index (χ3v) is 2.25. The Labute approximate surface area is 98.0 Å². The minimum absolute atomic E-state index is 0.0150. The van der Waals surface area contributed by atoms with Crippen LogP contribution in [0.4, 0.5) is 0 Å². The molecular weight excluding hydrogens is 230 g/mol. The molecule has 1 aromatic carbocycles. The molecule has 0 aliphatic heterocycles. The van der Waals surface area contributed by atoms with Crippen molar-refractivity contribution in [1.29, 1.82) is 5.26 Å². The number of hydrogen-bond donors (Lipinski definition) is 1. The molecule has 0 radical (unpaired) electrons. The van der Waals surface area contributed by atoms with E-state index in [0.29, 0.717) is 5.56 Å². The number of esters is 1. The van der Waals surface area contributed by atoms with Gasteiger partial charge in [0.15, 0.2) is 0 Å². The molecule has 0 bridgehead atoms. The molecule has 0 amide bonds. The molecule has 0 unspecified atom stereocenters. The lowest BCUT2D eigenvalue weighted by atomic mass is 10.1. The van der Waals surface area contributed by atoms with Gasteiger partial charge in [0.1, 0.15) is 17.4 Å². The largest absolute Gasteiger partial charge is 0.506 e. The Morgan fingerprint density at radius 3 is 2.81 bits per heavy atom. The topological polar surface area (TPSA) is 70.3 Å². The van der Waals surface area contributed by atoms with Crippen molar-refractivity contribution in [3.05, 3.63) is 28.8 Å². The normalized spacial score (nSPS) is 9.56. The predicted octanol–water partition coefficient (Wildman–Crippen LogP) is 2.18. The fourth-order valence-electron chi connectivity index (χ4n) is 1.22. The highest BCUT2D eigenvalue weighted by Gasteiger charge is 2.17. The third kappa shape index (κ3) is 2.44. The van der Waals surface area contributed by atoms with Gasteiger partial charge in [-0.05, 0) is 24.6 Å². The van der Waals surface area contributed by atoms with E-state index in [4.69, 9.17) is 21.6 Å². The van der Waals surface area contributed by atoms with Crippen molar-refractivity contribution in [2.24, 2.45) is 0 Å². The van der Waals surface area contributed by atoms with Crippen molar-refractivity contribution in [2.75, 3.05) is 6.61 Å².